The number of rotatable bonds is 5. The third-order valence-electron chi connectivity index (χ3n) is 3.01. The number of aromatic nitrogens is 4. The van der Waals surface area contributed by atoms with Gasteiger partial charge >= 0.3 is 0 Å². The Morgan fingerprint density at radius 1 is 1.35 bits per heavy atom. The van der Waals surface area contributed by atoms with E-state index < -0.39 is 9.05 Å². The van der Waals surface area contributed by atoms with Crippen LogP contribution in [0, 0.1) is 0 Å². The minimum Gasteiger partial charge on any atom is -0.334 e. The predicted octanol–water partition coefficient (Wildman–Crippen LogP) is 2.20. The summed E-state index contributed by atoms with van der Waals surface area (Å²) >= 11 is 0. The molecule has 0 radical (unpaired) electrons. The summed E-state index contributed by atoms with van der Waals surface area (Å²) in [6.07, 6.45) is 5.08. The molecule has 0 fully saturated rings. The van der Waals surface area contributed by atoms with Gasteiger partial charge in [-0.3, -0.25) is 0 Å². The quantitative estimate of drug-likeness (QED) is 0.793. The molecular formula is C12H17ClN4O2S. The van der Waals surface area contributed by atoms with Crippen molar-refractivity contribution in [3.63, 3.8) is 0 Å². The van der Waals surface area contributed by atoms with Crippen LogP contribution in [-0.2, 0) is 22.1 Å². The SMILES string of the molecule is CCn1ccnc1Cn1cc(S(=O)(=O)Cl)nc1C(C)C. The summed E-state index contributed by atoms with van der Waals surface area (Å²) in [5.41, 5.74) is 0. The Labute approximate surface area is 122 Å². The monoisotopic (exact) mass is 316 g/mol. The average molecular weight is 317 g/mol. The van der Waals surface area contributed by atoms with E-state index in [2.05, 4.69) is 9.97 Å². The van der Waals surface area contributed by atoms with E-state index >= 15 is 0 Å². The fraction of sp³-hybridized carbons (Fsp3) is 0.500. The highest BCUT2D eigenvalue weighted by Crippen LogP contribution is 2.20. The van der Waals surface area contributed by atoms with E-state index in [1.165, 1.54) is 6.20 Å². The zero-order valence-corrected chi connectivity index (χ0v) is 13.2. The highest BCUT2D eigenvalue weighted by Gasteiger charge is 2.20. The molecule has 6 nitrogen and oxygen atoms in total. The van der Waals surface area contributed by atoms with E-state index in [4.69, 9.17) is 10.7 Å². The molecule has 110 valence electrons. The molecule has 2 aromatic heterocycles. The van der Waals surface area contributed by atoms with Gasteiger partial charge in [0.1, 0.15) is 11.6 Å². The molecule has 0 atom stereocenters. The van der Waals surface area contributed by atoms with Crippen molar-refractivity contribution in [3.8, 4) is 0 Å². The number of aryl methyl sites for hydroxylation is 1. The lowest BCUT2D eigenvalue weighted by Crippen LogP contribution is -2.10. The number of nitrogens with zero attached hydrogens (tertiary/aromatic N) is 4. The molecule has 0 saturated heterocycles. The molecule has 2 aromatic rings. The van der Waals surface area contributed by atoms with Crippen LogP contribution < -0.4 is 0 Å². The fourth-order valence-electron chi connectivity index (χ4n) is 2.04. The van der Waals surface area contributed by atoms with Crippen molar-refractivity contribution in [2.45, 2.75) is 44.8 Å². The minimum absolute atomic E-state index is 0.0900. The molecule has 0 N–H and O–H groups in total. The van der Waals surface area contributed by atoms with Gasteiger partial charge < -0.3 is 9.13 Å². The van der Waals surface area contributed by atoms with Gasteiger partial charge in [-0.05, 0) is 6.92 Å². The van der Waals surface area contributed by atoms with Crippen LogP contribution in [0.2, 0.25) is 0 Å². The highest BCUT2D eigenvalue weighted by atomic mass is 35.7. The molecule has 2 heterocycles. The summed E-state index contributed by atoms with van der Waals surface area (Å²) < 4.78 is 26.6. The molecule has 0 aliphatic heterocycles. The second-order valence-corrected chi connectivity index (χ2v) is 7.30. The van der Waals surface area contributed by atoms with Gasteiger partial charge in [0.15, 0.2) is 5.03 Å². The summed E-state index contributed by atoms with van der Waals surface area (Å²) in [6.45, 7) is 7.21. The second kappa shape index (κ2) is 5.57. The van der Waals surface area contributed by atoms with E-state index in [9.17, 15) is 8.42 Å². The van der Waals surface area contributed by atoms with Gasteiger partial charge in [-0.1, -0.05) is 13.8 Å². The summed E-state index contributed by atoms with van der Waals surface area (Å²) in [5, 5.41) is -0.113. The Morgan fingerprint density at radius 2 is 2.05 bits per heavy atom. The number of hydrogen-bond donors (Lipinski definition) is 0. The summed E-state index contributed by atoms with van der Waals surface area (Å²) in [5.74, 6) is 1.62. The Kier molecular flexibility index (Phi) is 4.19. The maximum absolute atomic E-state index is 11.4. The van der Waals surface area contributed by atoms with Gasteiger partial charge in [-0.15, -0.1) is 0 Å². The fourth-order valence-corrected chi connectivity index (χ4v) is 2.72. The van der Waals surface area contributed by atoms with Crippen LogP contribution in [0.1, 0.15) is 38.3 Å². The van der Waals surface area contributed by atoms with Gasteiger partial charge in [0.25, 0.3) is 9.05 Å². The largest absolute Gasteiger partial charge is 0.334 e. The summed E-state index contributed by atoms with van der Waals surface area (Å²) in [4.78, 5) is 8.41. The molecule has 8 heteroatoms. The molecule has 2 rings (SSSR count). The third-order valence-corrected chi connectivity index (χ3v) is 4.18. The molecule has 0 aliphatic rings. The molecule has 0 amide bonds. The molecule has 0 saturated carbocycles. The Balaban J connectivity index is 2.43. The van der Waals surface area contributed by atoms with Crippen molar-refractivity contribution in [1.82, 2.24) is 19.1 Å². The minimum atomic E-state index is -3.82. The van der Waals surface area contributed by atoms with E-state index in [1.54, 1.807) is 10.8 Å². The van der Waals surface area contributed by atoms with Crippen LogP contribution in [0.5, 0.6) is 0 Å². The first-order valence-electron chi connectivity index (χ1n) is 6.34. The van der Waals surface area contributed by atoms with E-state index in [-0.39, 0.29) is 10.9 Å². The molecule has 0 aliphatic carbocycles. The van der Waals surface area contributed by atoms with Crippen molar-refractivity contribution in [2.75, 3.05) is 0 Å². The van der Waals surface area contributed by atoms with Gasteiger partial charge in [-0.2, -0.15) is 0 Å². The topological polar surface area (TPSA) is 69.8 Å². The first kappa shape index (κ1) is 15.1. The van der Waals surface area contributed by atoms with Gasteiger partial charge in [0, 0.05) is 41.7 Å². The predicted molar refractivity (Wildman–Crippen MR) is 76.4 cm³/mol. The van der Waals surface area contributed by atoms with Crippen LogP contribution in [0.15, 0.2) is 23.6 Å². The van der Waals surface area contributed by atoms with E-state index in [0.29, 0.717) is 12.4 Å². The van der Waals surface area contributed by atoms with Crippen molar-refractivity contribution in [2.24, 2.45) is 0 Å². The maximum Gasteiger partial charge on any atom is 0.280 e. The molecule has 0 spiro atoms. The smallest absolute Gasteiger partial charge is 0.280 e. The number of imidazole rings is 2. The van der Waals surface area contributed by atoms with Crippen LogP contribution in [-0.4, -0.2) is 27.5 Å². The standard InChI is InChI=1S/C12H17ClN4O2S/c1-4-16-6-5-14-10(16)7-17-8-11(20(13,18)19)15-12(17)9(2)3/h5-6,8-9H,4,7H2,1-3H3. The van der Waals surface area contributed by atoms with E-state index in [0.717, 1.165) is 12.4 Å². The Bertz CT molecular complexity index is 703. The normalized spacial score (nSPS) is 12.2. The number of halogens is 1. The first-order valence-corrected chi connectivity index (χ1v) is 8.65. The Morgan fingerprint density at radius 3 is 2.60 bits per heavy atom. The van der Waals surface area contributed by atoms with Crippen LogP contribution in [0.4, 0.5) is 0 Å². The second-order valence-electron chi connectivity index (χ2n) is 4.79. The lowest BCUT2D eigenvalue weighted by Gasteiger charge is -2.10. The van der Waals surface area contributed by atoms with Gasteiger partial charge in [0.05, 0.1) is 6.54 Å². The van der Waals surface area contributed by atoms with Crippen LogP contribution >= 0.6 is 10.7 Å². The van der Waals surface area contributed by atoms with Gasteiger partial charge in [-0.25, -0.2) is 18.4 Å². The van der Waals surface area contributed by atoms with Crippen molar-refractivity contribution in [1.29, 1.82) is 0 Å². The van der Waals surface area contributed by atoms with Gasteiger partial charge in [0.2, 0.25) is 0 Å². The highest BCUT2D eigenvalue weighted by molar-refractivity contribution is 8.13. The summed E-state index contributed by atoms with van der Waals surface area (Å²) in [6, 6.07) is 0. The molecule has 0 unspecified atom stereocenters. The van der Waals surface area contributed by atoms with Crippen LogP contribution in [0.3, 0.4) is 0 Å². The lowest BCUT2D eigenvalue weighted by atomic mass is 10.2. The molecule has 0 aromatic carbocycles. The molecular weight excluding hydrogens is 300 g/mol. The number of hydrogen-bond acceptors (Lipinski definition) is 4. The average Bonchev–Trinajstić information content (AvgIpc) is 2.95. The van der Waals surface area contributed by atoms with E-state index in [1.807, 2.05) is 31.5 Å². The van der Waals surface area contributed by atoms with Crippen molar-refractivity contribution < 1.29 is 8.42 Å². The van der Waals surface area contributed by atoms with Crippen molar-refractivity contribution in [3.05, 3.63) is 30.2 Å². The van der Waals surface area contributed by atoms with Crippen molar-refractivity contribution >= 4 is 19.7 Å². The first-order chi connectivity index (χ1) is 9.32. The Hall–Kier alpha value is -1.34. The molecule has 0 bridgehead atoms. The lowest BCUT2D eigenvalue weighted by molar-refractivity contribution is 0.606. The maximum atomic E-state index is 11.4. The zero-order valence-electron chi connectivity index (χ0n) is 11.6. The summed E-state index contributed by atoms with van der Waals surface area (Å²) in [7, 11) is 1.54. The van der Waals surface area contributed by atoms with Crippen LogP contribution in [0.25, 0.3) is 0 Å². The molecule has 20 heavy (non-hydrogen) atoms. The zero-order chi connectivity index (χ0) is 14.9. The third kappa shape index (κ3) is 3.04.